The van der Waals surface area contributed by atoms with E-state index >= 15 is 0 Å². The Kier molecular flexibility index (Phi) is 4.33. The van der Waals surface area contributed by atoms with Crippen molar-refractivity contribution >= 4 is 44.6 Å². The Morgan fingerprint density at radius 3 is 2.70 bits per heavy atom. The van der Waals surface area contributed by atoms with E-state index in [1.807, 2.05) is 18.4 Å². The van der Waals surface area contributed by atoms with E-state index in [9.17, 15) is 9.18 Å². The molecule has 27 heavy (non-hydrogen) atoms. The normalized spacial score (nSPS) is 10.9. The molecule has 4 aromatic rings. The summed E-state index contributed by atoms with van der Waals surface area (Å²) in [6.07, 6.45) is 3.44. The maximum absolute atomic E-state index is 13.0. The Morgan fingerprint density at radius 1 is 1.15 bits per heavy atom. The molecule has 0 spiro atoms. The van der Waals surface area contributed by atoms with Crippen LogP contribution in [0.3, 0.4) is 0 Å². The molecule has 0 amide bonds. The zero-order valence-corrected chi connectivity index (χ0v) is 15.5. The number of fused-ring (bicyclic) bond motifs is 1. The number of hydrogen-bond acceptors (Lipinski definition) is 6. The van der Waals surface area contributed by atoms with Gasteiger partial charge in [0.05, 0.1) is 11.1 Å². The number of rotatable bonds is 4. The number of pyridine rings is 1. The lowest BCUT2D eigenvalue weighted by molar-refractivity contribution is 0.628. The molecule has 0 aliphatic carbocycles. The average Bonchev–Trinajstić information content (AvgIpc) is 3.06. The lowest BCUT2D eigenvalue weighted by Gasteiger charge is -2.10. The van der Waals surface area contributed by atoms with Crippen LogP contribution < -0.4 is 16.2 Å². The number of aryl methyl sites for hydroxylation is 2. The Hall–Kier alpha value is -3.26. The molecule has 8 heteroatoms. The first kappa shape index (κ1) is 17.2. The Balaban J connectivity index is 1.67. The molecule has 1 aromatic carbocycles. The van der Waals surface area contributed by atoms with Crippen molar-refractivity contribution in [3.05, 3.63) is 69.8 Å². The largest absolute Gasteiger partial charge is 0.338 e. The maximum Gasteiger partial charge on any atom is 0.261 e. The van der Waals surface area contributed by atoms with Crippen LogP contribution >= 0.6 is 11.3 Å². The van der Waals surface area contributed by atoms with E-state index in [1.165, 1.54) is 23.5 Å². The number of aromatic nitrogens is 3. The van der Waals surface area contributed by atoms with Gasteiger partial charge in [-0.15, -0.1) is 11.3 Å². The summed E-state index contributed by atoms with van der Waals surface area (Å²) in [5, 5.41) is 8.83. The third kappa shape index (κ3) is 3.39. The van der Waals surface area contributed by atoms with Crippen molar-refractivity contribution in [2.75, 3.05) is 10.6 Å². The van der Waals surface area contributed by atoms with Crippen LogP contribution in [0.4, 0.5) is 27.5 Å². The summed E-state index contributed by atoms with van der Waals surface area (Å²) in [6.45, 7) is 1.89. The molecule has 3 aromatic heterocycles. The maximum atomic E-state index is 13.0. The summed E-state index contributed by atoms with van der Waals surface area (Å²) in [5.41, 5.74) is 2.17. The smallest absolute Gasteiger partial charge is 0.261 e. The molecule has 2 N–H and O–H groups in total. The molecule has 0 radical (unpaired) electrons. The summed E-state index contributed by atoms with van der Waals surface area (Å²) in [7, 11) is 1.73. The van der Waals surface area contributed by atoms with Gasteiger partial charge in [0, 0.05) is 40.8 Å². The summed E-state index contributed by atoms with van der Waals surface area (Å²) >= 11 is 1.50. The van der Waals surface area contributed by atoms with E-state index in [4.69, 9.17) is 0 Å². The Bertz CT molecular complexity index is 1180. The molecular formula is C19H16FN5OS. The van der Waals surface area contributed by atoms with Crippen molar-refractivity contribution in [2.24, 2.45) is 7.05 Å². The first-order chi connectivity index (χ1) is 13.0. The van der Waals surface area contributed by atoms with Crippen LogP contribution in [0, 0.1) is 12.7 Å². The van der Waals surface area contributed by atoms with Crippen molar-refractivity contribution in [1.82, 2.24) is 14.5 Å². The van der Waals surface area contributed by atoms with Crippen LogP contribution in [0.5, 0.6) is 0 Å². The average molecular weight is 381 g/mol. The number of hydrogen-bond donors (Lipinski definition) is 2. The topological polar surface area (TPSA) is 71.8 Å². The van der Waals surface area contributed by atoms with Crippen LogP contribution in [0.25, 0.3) is 10.1 Å². The Morgan fingerprint density at radius 2 is 1.93 bits per heavy atom. The van der Waals surface area contributed by atoms with Crippen molar-refractivity contribution in [3.8, 4) is 0 Å². The van der Waals surface area contributed by atoms with Gasteiger partial charge in [0.25, 0.3) is 5.56 Å². The minimum absolute atomic E-state index is 0.0624. The van der Waals surface area contributed by atoms with Gasteiger partial charge in [0.2, 0.25) is 5.95 Å². The molecule has 0 atom stereocenters. The highest BCUT2D eigenvalue weighted by atomic mass is 32.1. The molecule has 136 valence electrons. The first-order valence-electron chi connectivity index (χ1n) is 8.21. The van der Waals surface area contributed by atoms with E-state index in [-0.39, 0.29) is 11.4 Å². The second-order valence-electron chi connectivity index (χ2n) is 6.10. The van der Waals surface area contributed by atoms with Crippen LogP contribution in [0.2, 0.25) is 0 Å². The van der Waals surface area contributed by atoms with Crippen LogP contribution in [-0.2, 0) is 7.05 Å². The van der Waals surface area contributed by atoms with Crippen molar-refractivity contribution < 1.29 is 4.39 Å². The number of nitrogens with zero attached hydrogens (tertiary/aromatic N) is 3. The number of halogens is 1. The fraction of sp³-hybridized carbons (Fsp3) is 0.105. The van der Waals surface area contributed by atoms with Crippen molar-refractivity contribution in [2.45, 2.75) is 6.92 Å². The quantitative estimate of drug-likeness (QED) is 0.551. The molecule has 0 unspecified atom stereocenters. The van der Waals surface area contributed by atoms with Gasteiger partial charge in [0.15, 0.2) is 0 Å². The Labute approximate surface area is 158 Å². The number of nitrogens with one attached hydrogen (secondary N) is 2. The highest BCUT2D eigenvalue weighted by Crippen LogP contribution is 2.30. The molecule has 0 saturated carbocycles. The second kappa shape index (κ2) is 6.81. The SMILES string of the molecule is Cc1cnc(Nc2ccc(F)cc2)nc1Nc1csc2ccn(C)c(=O)c12. The number of benzene rings is 1. The van der Waals surface area contributed by atoms with Gasteiger partial charge in [0.1, 0.15) is 11.6 Å². The zero-order chi connectivity index (χ0) is 19.0. The molecule has 0 aliphatic heterocycles. The monoisotopic (exact) mass is 381 g/mol. The van der Waals surface area contributed by atoms with Crippen LogP contribution in [0.1, 0.15) is 5.56 Å². The van der Waals surface area contributed by atoms with Crippen molar-refractivity contribution in [1.29, 1.82) is 0 Å². The molecule has 0 aliphatic rings. The minimum atomic E-state index is -0.307. The minimum Gasteiger partial charge on any atom is -0.338 e. The predicted molar refractivity (Wildman–Crippen MR) is 107 cm³/mol. The molecule has 4 rings (SSSR count). The molecule has 0 saturated heterocycles. The first-order valence-corrected chi connectivity index (χ1v) is 9.09. The molecular weight excluding hydrogens is 365 g/mol. The second-order valence-corrected chi connectivity index (χ2v) is 7.01. The standard InChI is InChI=1S/C19H16FN5OS/c1-11-9-21-19(22-13-5-3-12(20)4-6-13)24-17(11)23-14-10-27-15-7-8-25(2)18(26)16(14)15/h3-10H,1-2H3,(H2,21,22,23,24). The lowest BCUT2D eigenvalue weighted by atomic mass is 10.2. The number of anilines is 4. The summed E-state index contributed by atoms with van der Waals surface area (Å²) < 4.78 is 15.5. The molecule has 0 bridgehead atoms. The van der Waals surface area contributed by atoms with Gasteiger partial charge >= 0.3 is 0 Å². The summed E-state index contributed by atoms with van der Waals surface area (Å²) in [5.74, 6) is 0.668. The fourth-order valence-corrected chi connectivity index (χ4v) is 3.53. The van der Waals surface area contributed by atoms with Gasteiger partial charge in [-0.05, 0) is 37.3 Å². The van der Waals surface area contributed by atoms with Crippen LogP contribution in [0.15, 0.2) is 52.9 Å². The van der Waals surface area contributed by atoms with Gasteiger partial charge in [-0.25, -0.2) is 9.37 Å². The van der Waals surface area contributed by atoms with Gasteiger partial charge in [-0.2, -0.15) is 4.98 Å². The summed E-state index contributed by atoms with van der Waals surface area (Å²) in [6, 6.07) is 7.87. The zero-order valence-electron chi connectivity index (χ0n) is 14.7. The highest BCUT2D eigenvalue weighted by Gasteiger charge is 2.12. The molecule has 3 heterocycles. The van der Waals surface area contributed by atoms with Crippen molar-refractivity contribution in [3.63, 3.8) is 0 Å². The lowest BCUT2D eigenvalue weighted by Crippen LogP contribution is -2.15. The number of thiophene rings is 1. The van der Waals surface area contributed by atoms with Gasteiger partial charge < -0.3 is 15.2 Å². The fourth-order valence-electron chi connectivity index (χ4n) is 2.65. The molecule has 6 nitrogen and oxygen atoms in total. The van der Waals surface area contributed by atoms with E-state index in [1.54, 1.807) is 36.1 Å². The van der Waals surface area contributed by atoms with Gasteiger partial charge in [-0.1, -0.05) is 0 Å². The predicted octanol–water partition coefficient (Wildman–Crippen LogP) is 4.32. The van der Waals surface area contributed by atoms with E-state index < -0.39 is 0 Å². The third-order valence-electron chi connectivity index (χ3n) is 4.13. The van der Waals surface area contributed by atoms with E-state index in [2.05, 4.69) is 20.6 Å². The molecule has 0 fully saturated rings. The summed E-state index contributed by atoms with van der Waals surface area (Å²) in [4.78, 5) is 21.2. The highest BCUT2D eigenvalue weighted by molar-refractivity contribution is 7.17. The van der Waals surface area contributed by atoms with E-state index in [0.717, 1.165) is 10.3 Å². The van der Waals surface area contributed by atoms with Gasteiger partial charge in [-0.3, -0.25) is 4.79 Å². The van der Waals surface area contributed by atoms with Crippen LogP contribution in [-0.4, -0.2) is 14.5 Å². The van der Waals surface area contributed by atoms with E-state index in [0.29, 0.717) is 28.5 Å². The third-order valence-corrected chi connectivity index (χ3v) is 5.08.